The molecular formula is C19H36IN5. The first-order valence-corrected chi connectivity index (χ1v) is 9.62. The van der Waals surface area contributed by atoms with Crippen LogP contribution in [0.1, 0.15) is 58.9 Å². The van der Waals surface area contributed by atoms with Gasteiger partial charge in [-0.1, -0.05) is 40.0 Å². The molecule has 1 aliphatic rings. The highest BCUT2D eigenvalue weighted by atomic mass is 127. The summed E-state index contributed by atoms with van der Waals surface area (Å²) in [5, 5.41) is 3.63. The number of hydrogen-bond acceptors (Lipinski definition) is 2. The van der Waals surface area contributed by atoms with Gasteiger partial charge in [-0.2, -0.15) is 0 Å². The second-order valence-corrected chi connectivity index (χ2v) is 7.13. The van der Waals surface area contributed by atoms with Crippen molar-refractivity contribution in [2.45, 2.75) is 58.9 Å². The highest BCUT2D eigenvalue weighted by molar-refractivity contribution is 14.0. The zero-order valence-corrected chi connectivity index (χ0v) is 18.6. The minimum Gasteiger partial charge on any atom is -0.356 e. The molecule has 0 bridgehead atoms. The fourth-order valence-corrected chi connectivity index (χ4v) is 3.61. The highest BCUT2D eigenvalue weighted by Gasteiger charge is 2.28. The largest absolute Gasteiger partial charge is 0.356 e. The summed E-state index contributed by atoms with van der Waals surface area (Å²) in [6, 6.07) is 0.474. The SMILES string of the molecule is CCCCC(CC)CNC(=NC)N1CCC(C)C(n2ccnc2)C1.I. The Hall–Kier alpha value is -0.790. The molecule has 1 N–H and O–H groups in total. The maximum absolute atomic E-state index is 4.55. The van der Waals surface area contributed by atoms with Crippen LogP contribution in [-0.4, -0.2) is 47.1 Å². The standard InChI is InChI=1S/C19H35N5.HI/c1-5-7-8-17(6-2)13-22-19(20-4)23-11-9-16(3)18(14-23)24-12-10-21-15-24;/h10,12,15-18H,5-9,11,13-14H2,1-4H3,(H,20,22);1H. The van der Waals surface area contributed by atoms with Crippen molar-refractivity contribution in [3.05, 3.63) is 18.7 Å². The van der Waals surface area contributed by atoms with E-state index >= 15 is 0 Å². The molecule has 1 aliphatic heterocycles. The molecule has 3 unspecified atom stereocenters. The van der Waals surface area contributed by atoms with Crippen molar-refractivity contribution in [1.82, 2.24) is 19.8 Å². The number of rotatable bonds is 7. The Morgan fingerprint density at radius 1 is 1.40 bits per heavy atom. The van der Waals surface area contributed by atoms with Gasteiger partial charge in [0.25, 0.3) is 0 Å². The number of nitrogens with zero attached hydrogens (tertiary/aromatic N) is 4. The third-order valence-electron chi connectivity index (χ3n) is 5.43. The molecule has 144 valence electrons. The lowest BCUT2D eigenvalue weighted by Crippen LogP contribution is -2.49. The van der Waals surface area contributed by atoms with Gasteiger partial charge in [-0.15, -0.1) is 24.0 Å². The molecule has 1 aromatic rings. The Morgan fingerprint density at radius 3 is 2.80 bits per heavy atom. The summed E-state index contributed by atoms with van der Waals surface area (Å²) < 4.78 is 2.25. The third kappa shape index (κ3) is 6.46. The monoisotopic (exact) mass is 461 g/mol. The summed E-state index contributed by atoms with van der Waals surface area (Å²) >= 11 is 0. The number of hydrogen-bond donors (Lipinski definition) is 1. The van der Waals surface area contributed by atoms with Crippen molar-refractivity contribution < 1.29 is 0 Å². The molecule has 25 heavy (non-hydrogen) atoms. The molecular weight excluding hydrogens is 425 g/mol. The van der Waals surface area contributed by atoms with Gasteiger partial charge in [-0.25, -0.2) is 4.98 Å². The Labute approximate surface area is 170 Å². The van der Waals surface area contributed by atoms with Gasteiger partial charge in [0.15, 0.2) is 5.96 Å². The van der Waals surface area contributed by atoms with Crippen LogP contribution in [0.4, 0.5) is 0 Å². The van der Waals surface area contributed by atoms with Crippen LogP contribution in [-0.2, 0) is 0 Å². The number of aliphatic imine (C=N–C) groups is 1. The Morgan fingerprint density at radius 2 is 2.20 bits per heavy atom. The topological polar surface area (TPSA) is 45.5 Å². The molecule has 6 heteroatoms. The molecule has 0 aromatic carbocycles. The molecule has 2 rings (SSSR count). The number of piperidine rings is 1. The molecule has 0 saturated carbocycles. The molecule has 0 aliphatic carbocycles. The van der Waals surface area contributed by atoms with Crippen LogP contribution in [0.5, 0.6) is 0 Å². The summed E-state index contributed by atoms with van der Waals surface area (Å²) in [6.07, 6.45) is 12.2. The smallest absolute Gasteiger partial charge is 0.193 e. The van der Waals surface area contributed by atoms with Crippen LogP contribution < -0.4 is 5.32 Å². The van der Waals surface area contributed by atoms with Gasteiger partial charge in [0.2, 0.25) is 0 Å². The van der Waals surface area contributed by atoms with Crippen molar-refractivity contribution in [2.75, 3.05) is 26.7 Å². The van der Waals surface area contributed by atoms with E-state index in [1.165, 1.54) is 32.1 Å². The minimum atomic E-state index is 0. The molecule has 1 saturated heterocycles. The molecule has 5 nitrogen and oxygen atoms in total. The van der Waals surface area contributed by atoms with Crippen LogP contribution in [0.15, 0.2) is 23.7 Å². The predicted molar refractivity (Wildman–Crippen MR) is 117 cm³/mol. The Kier molecular flexibility index (Phi) is 10.5. The van der Waals surface area contributed by atoms with E-state index < -0.39 is 0 Å². The molecule has 0 amide bonds. The van der Waals surface area contributed by atoms with E-state index in [9.17, 15) is 0 Å². The number of likely N-dealkylation sites (tertiary alicyclic amines) is 1. The quantitative estimate of drug-likeness (QED) is 0.377. The number of imidazole rings is 1. The first kappa shape index (κ1) is 22.3. The first-order chi connectivity index (χ1) is 11.7. The van der Waals surface area contributed by atoms with Crippen LogP contribution in [0.25, 0.3) is 0 Å². The second kappa shape index (κ2) is 11.8. The zero-order chi connectivity index (χ0) is 17.4. The van der Waals surface area contributed by atoms with Gasteiger partial charge in [0, 0.05) is 39.1 Å². The third-order valence-corrected chi connectivity index (χ3v) is 5.43. The van der Waals surface area contributed by atoms with Gasteiger partial charge in [-0.05, 0) is 24.7 Å². The lowest BCUT2D eigenvalue weighted by Gasteiger charge is -2.39. The highest BCUT2D eigenvalue weighted by Crippen LogP contribution is 2.27. The number of aromatic nitrogens is 2. The Bertz CT molecular complexity index is 488. The van der Waals surface area contributed by atoms with Crippen molar-refractivity contribution in [3.8, 4) is 0 Å². The second-order valence-electron chi connectivity index (χ2n) is 7.13. The van der Waals surface area contributed by atoms with Gasteiger partial charge in [0.1, 0.15) is 0 Å². The van der Waals surface area contributed by atoms with Crippen molar-refractivity contribution in [1.29, 1.82) is 0 Å². The van der Waals surface area contributed by atoms with Crippen molar-refractivity contribution in [3.63, 3.8) is 0 Å². The van der Waals surface area contributed by atoms with Crippen LogP contribution in [0.2, 0.25) is 0 Å². The molecule has 0 radical (unpaired) electrons. The van der Waals surface area contributed by atoms with Gasteiger partial charge >= 0.3 is 0 Å². The van der Waals surface area contributed by atoms with Crippen LogP contribution in [0, 0.1) is 11.8 Å². The summed E-state index contributed by atoms with van der Waals surface area (Å²) in [5.41, 5.74) is 0. The maximum atomic E-state index is 4.55. The molecule has 1 aromatic heterocycles. The average molecular weight is 461 g/mol. The van der Waals surface area contributed by atoms with Crippen LogP contribution in [0.3, 0.4) is 0 Å². The van der Waals surface area contributed by atoms with E-state index in [0.29, 0.717) is 12.0 Å². The van der Waals surface area contributed by atoms with E-state index in [-0.39, 0.29) is 24.0 Å². The van der Waals surface area contributed by atoms with E-state index in [0.717, 1.165) is 31.5 Å². The van der Waals surface area contributed by atoms with Gasteiger partial charge < -0.3 is 14.8 Å². The lowest BCUT2D eigenvalue weighted by molar-refractivity contribution is 0.188. The van der Waals surface area contributed by atoms with Crippen molar-refractivity contribution >= 4 is 29.9 Å². The summed E-state index contributed by atoms with van der Waals surface area (Å²) in [5.74, 6) is 2.47. The number of nitrogens with one attached hydrogen (secondary N) is 1. The average Bonchev–Trinajstić information content (AvgIpc) is 3.13. The summed E-state index contributed by atoms with van der Waals surface area (Å²) in [4.78, 5) is 11.2. The molecule has 2 heterocycles. The number of guanidine groups is 1. The molecule has 3 atom stereocenters. The number of halogens is 1. The first-order valence-electron chi connectivity index (χ1n) is 9.62. The Balaban J connectivity index is 0.00000312. The predicted octanol–water partition coefficient (Wildman–Crippen LogP) is 4.18. The van der Waals surface area contributed by atoms with Gasteiger partial charge in [0.05, 0.1) is 12.4 Å². The number of unbranched alkanes of at least 4 members (excludes halogenated alkanes) is 1. The van der Waals surface area contributed by atoms with Gasteiger partial charge in [-0.3, -0.25) is 4.99 Å². The summed E-state index contributed by atoms with van der Waals surface area (Å²) in [7, 11) is 1.90. The van der Waals surface area contributed by atoms with E-state index in [2.05, 4.69) is 51.7 Å². The fourth-order valence-electron chi connectivity index (χ4n) is 3.61. The maximum Gasteiger partial charge on any atom is 0.193 e. The minimum absolute atomic E-state index is 0. The molecule has 0 spiro atoms. The fraction of sp³-hybridized carbons (Fsp3) is 0.789. The zero-order valence-electron chi connectivity index (χ0n) is 16.3. The van der Waals surface area contributed by atoms with Crippen molar-refractivity contribution in [2.24, 2.45) is 16.8 Å². The van der Waals surface area contributed by atoms with E-state index in [4.69, 9.17) is 0 Å². The normalized spacial score (nSPS) is 22.4. The van der Waals surface area contributed by atoms with E-state index in [1.54, 1.807) is 0 Å². The van der Waals surface area contributed by atoms with Crippen LogP contribution >= 0.6 is 24.0 Å². The summed E-state index contributed by atoms with van der Waals surface area (Å²) in [6.45, 7) is 10.0. The molecule has 1 fully saturated rings. The van der Waals surface area contributed by atoms with E-state index in [1.807, 2.05) is 19.6 Å². The lowest BCUT2D eigenvalue weighted by atomic mass is 9.93.